The second kappa shape index (κ2) is 7.67. The molecule has 114 valence electrons. The summed E-state index contributed by atoms with van der Waals surface area (Å²) in [5, 5.41) is 11.5. The maximum atomic E-state index is 13.7. The summed E-state index contributed by atoms with van der Waals surface area (Å²) in [6, 6.07) is 3.46. The molecule has 1 aromatic heterocycles. The van der Waals surface area contributed by atoms with Gasteiger partial charge in [0.1, 0.15) is 11.6 Å². The minimum absolute atomic E-state index is 0.250. The third-order valence-electron chi connectivity index (χ3n) is 2.66. The van der Waals surface area contributed by atoms with Gasteiger partial charge >= 0.3 is 0 Å². The molecular formula is C13H15F2N3OS2. The molecule has 1 aromatic carbocycles. The van der Waals surface area contributed by atoms with Gasteiger partial charge in [-0.3, -0.25) is 0 Å². The van der Waals surface area contributed by atoms with Crippen molar-refractivity contribution in [2.24, 2.45) is 0 Å². The largest absolute Gasteiger partial charge is 0.383 e. The van der Waals surface area contributed by atoms with Gasteiger partial charge in [-0.2, -0.15) is 0 Å². The number of rotatable bonds is 7. The van der Waals surface area contributed by atoms with Crippen molar-refractivity contribution in [3.8, 4) is 0 Å². The molecule has 8 heteroatoms. The normalized spacial score (nSPS) is 12.4. The Morgan fingerprint density at radius 2 is 2.19 bits per heavy atom. The number of aromatic nitrogens is 2. The molecule has 4 nitrogen and oxygen atoms in total. The highest BCUT2D eigenvalue weighted by molar-refractivity contribution is 8.01. The molecule has 1 atom stereocenters. The van der Waals surface area contributed by atoms with E-state index in [-0.39, 0.29) is 5.25 Å². The topological polar surface area (TPSA) is 47.0 Å². The predicted octanol–water partition coefficient (Wildman–Crippen LogP) is 3.73. The van der Waals surface area contributed by atoms with E-state index in [2.05, 4.69) is 15.5 Å². The molecule has 2 rings (SSSR count). The van der Waals surface area contributed by atoms with Crippen LogP contribution in [-0.4, -0.2) is 30.5 Å². The molecule has 2 aromatic rings. The van der Waals surface area contributed by atoms with E-state index in [9.17, 15) is 8.78 Å². The Labute approximate surface area is 129 Å². The lowest BCUT2D eigenvalue weighted by atomic mass is 10.1. The number of nitrogens with zero attached hydrogens (tertiary/aromatic N) is 2. The van der Waals surface area contributed by atoms with Gasteiger partial charge in [0.25, 0.3) is 0 Å². The SMILES string of the molecule is COCCNc1nnc(SC(C)c2cc(F)ccc2F)s1. The molecule has 0 aliphatic rings. The molecule has 0 fully saturated rings. The molecule has 1 heterocycles. The van der Waals surface area contributed by atoms with Crippen LogP contribution in [0.2, 0.25) is 0 Å². The van der Waals surface area contributed by atoms with Crippen LogP contribution in [0.5, 0.6) is 0 Å². The van der Waals surface area contributed by atoms with Crippen LogP contribution in [0.1, 0.15) is 17.7 Å². The minimum atomic E-state index is -0.446. The average Bonchev–Trinajstić information content (AvgIpc) is 2.89. The van der Waals surface area contributed by atoms with E-state index in [0.717, 1.165) is 12.1 Å². The average molecular weight is 331 g/mol. The van der Waals surface area contributed by atoms with Crippen molar-refractivity contribution >= 4 is 28.2 Å². The van der Waals surface area contributed by atoms with E-state index in [4.69, 9.17) is 4.74 Å². The number of hydrogen-bond acceptors (Lipinski definition) is 6. The minimum Gasteiger partial charge on any atom is -0.383 e. The molecular weight excluding hydrogens is 316 g/mol. The number of hydrogen-bond donors (Lipinski definition) is 1. The summed E-state index contributed by atoms with van der Waals surface area (Å²) >= 11 is 2.72. The van der Waals surface area contributed by atoms with Crippen LogP contribution in [0.3, 0.4) is 0 Å². The number of thioether (sulfide) groups is 1. The Kier molecular flexibility index (Phi) is 5.89. The second-order valence-corrected chi connectivity index (χ2v) is 6.78. The Hall–Kier alpha value is -1.25. The zero-order chi connectivity index (χ0) is 15.2. The fraction of sp³-hybridized carbons (Fsp3) is 0.385. The quantitative estimate of drug-likeness (QED) is 0.619. The summed E-state index contributed by atoms with van der Waals surface area (Å²) in [7, 11) is 1.62. The summed E-state index contributed by atoms with van der Waals surface area (Å²) < 4.78 is 32.5. The highest BCUT2D eigenvalue weighted by Gasteiger charge is 2.16. The predicted molar refractivity (Wildman–Crippen MR) is 80.9 cm³/mol. The van der Waals surface area contributed by atoms with Gasteiger partial charge in [0.2, 0.25) is 5.13 Å². The molecule has 0 saturated carbocycles. The van der Waals surface area contributed by atoms with Crippen LogP contribution in [0.25, 0.3) is 0 Å². The summed E-state index contributed by atoms with van der Waals surface area (Å²) in [5.74, 6) is -0.864. The molecule has 0 saturated heterocycles. The van der Waals surface area contributed by atoms with Crippen molar-refractivity contribution in [3.63, 3.8) is 0 Å². The van der Waals surface area contributed by atoms with Gasteiger partial charge in [0, 0.05) is 24.5 Å². The maximum Gasteiger partial charge on any atom is 0.206 e. The highest BCUT2D eigenvalue weighted by atomic mass is 32.2. The number of benzene rings is 1. The fourth-order valence-electron chi connectivity index (χ4n) is 1.63. The number of anilines is 1. The third-order valence-corrected chi connectivity index (χ3v) is 4.77. The van der Waals surface area contributed by atoms with Crippen LogP contribution in [0.15, 0.2) is 22.5 Å². The number of halogens is 2. The number of ether oxygens (including phenoxy) is 1. The lowest BCUT2D eigenvalue weighted by Gasteiger charge is -2.10. The van der Waals surface area contributed by atoms with E-state index >= 15 is 0 Å². The number of methoxy groups -OCH3 is 1. The van der Waals surface area contributed by atoms with E-state index in [0.29, 0.717) is 28.2 Å². The molecule has 1 N–H and O–H groups in total. The van der Waals surface area contributed by atoms with Crippen molar-refractivity contribution in [1.29, 1.82) is 0 Å². The second-order valence-electron chi connectivity index (χ2n) is 4.22. The number of nitrogens with one attached hydrogen (secondary N) is 1. The lowest BCUT2D eigenvalue weighted by Crippen LogP contribution is -2.06. The van der Waals surface area contributed by atoms with Gasteiger partial charge in [-0.25, -0.2) is 8.78 Å². The maximum absolute atomic E-state index is 13.7. The van der Waals surface area contributed by atoms with Crippen molar-refractivity contribution in [2.45, 2.75) is 16.5 Å². The van der Waals surface area contributed by atoms with Gasteiger partial charge in [0.15, 0.2) is 4.34 Å². The Morgan fingerprint density at radius 1 is 1.38 bits per heavy atom. The van der Waals surface area contributed by atoms with Gasteiger partial charge in [0.05, 0.1) is 6.61 Å². The van der Waals surface area contributed by atoms with E-state index in [1.807, 2.05) is 6.92 Å². The Bertz CT molecular complexity index is 595. The summed E-state index contributed by atoms with van der Waals surface area (Å²) in [4.78, 5) is 0. The molecule has 0 bridgehead atoms. The van der Waals surface area contributed by atoms with Crippen molar-refractivity contribution in [2.75, 3.05) is 25.6 Å². The standard InChI is InChI=1S/C13H15F2N3OS2/c1-8(10-7-9(14)3-4-11(10)15)20-13-18-17-12(21-13)16-5-6-19-2/h3-4,7-8H,5-6H2,1-2H3,(H,16,17). The van der Waals surface area contributed by atoms with Crippen LogP contribution >= 0.6 is 23.1 Å². The van der Waals surface area contributed by atoms with Gasteiger partial charge in [-0.1, -0.05) is 23.1 Å². The monoisotopic (exact) mass is 331 g/mol. The van der Waals surface area contributed by atoms with Crippen LogP contribution in [0, 0.1) is 11.6 Å². The fourth-order valence-corrected chi connectivity index (χ4v) is 3.69. The van der Waals surface area contributed by atoms with Crippen LogP contribution in [-0.2, 0) is 4.74 Å². The zero-order valence-corrected chi connectivity index (χ0v) is 13.2. The first kappa shape index (κ1) is 16.1. The van der Waals surface area contributed by atoms with E-state index in [1.165, 1.54) is 29.2 Å². The van der Waals surface area contributed by atoms with E-state index in [1.54, 1.807) is 7.11 Å². The summed E-state index contributed by atoms with van der Waals surface area (Å²) in [6.45, 7) is 3.03. The smallest absolute Gasteiger partial charge is 0.206 e. The first-order chi connectivity index (χ1) is 10.1. The molecule has 1 unspecified atom stereocenters. The molecule has 0 radical (unpaired) electrons. The van der Waals surface area contributed by atoms with Crippen molar-refractivity contribution < 1.29 is 13.5 Å². The van der Waals surface area contributed by atoms with Crippen molar-refractivity contribution in [3.05, 3.63) is 35.4 Å². The first-order valence-electron chi connectivity index (χ1n) is 6.28. The first-order valence-corrected chi connectivity index (χ1v) is 7.97. The molecule has 0 aliphatic heterocycles. The van der Waals surface area contributed by atoms with Crippen LogP contribution < -0.4 is 5.32 Å². The lowest BCUT2D eigenvalue weighted by molar-refractivity contribution is 0.211. The summed E-state index contributed by atoms with van der Waals surface area (Å²) in [5.41, 5.74) is 0.323. The summed E-state index contributed by atoms with van der Waals surface area (Å²) in [6.07, 6.45) is 0. The van der Waals surface area contributed by atoms with Gasteiger partial charge in [-0.15, -0.1) is 10.2 Å². The Morgan fingerprint density at radius 3 is 2.95 bits per heavy atom. The molecule has 0 amide bonds. The highest BCUT2D eigenvalue weighted by Crippen LogP contribution is 2.38. The van der Waals surface area contributed by atoms with E-state index < -0.39 is 11.6 Å². The Balaban J connectivity index is 1.99. The van der Waals surface area contributed by atoms with Gasteiger partial charge < -0.3 is 10.1 Å². The third kappa shape index (κ3) is 4.62. The molecule has 0 spiro atoms. The van der Waals surface area contributed by atoms with Gasteiger partial charge in [-0.05, 0) is 25.1 Å². The van der Waals surface area contributed by atoms with Crippen LogP contribution in [0.4, 0.5) is 13.9 Å². The van der Waals surface area contributed by atoms with Crippen molar-refractivity contribution in [1.82, 2.24) is 10.2 Å². The zero-order valence-electron chi connectivity index (χ0n) is 11.6. The molecule has 0 aliphatic carbocycles. The molecule has 21 heavy (non-hydrogen) atoms.